The van der Waals surface area contributed by atoms with Gasteiger partial charge in [0.15, 0.2) is 0 Å². The third-order valence-electron chi connectivity index (χ3n) is 1.37. The summed E-state index contributed by atoms with van der Waals surface area (Å²) in [6, 6.07) is 2.70. The molecule has 0 unspecified atom stereocenters. The lowest BCUT2D eigenvalue weighted by Crippen LogP contribution is -1.95. The van der Waals surface area contributed by atoms with Crippen LogP contribution < -0.4 is 5.73 Å². The summed E-state index contributed by atoms with van der Waals surface area (Å²) in [7, 11) is 0. The first kappa shape index (κ1) is 8.87. The van der Waals surface area contributed by atoms with Gasteiger partial charge in [0.1, 0.15) is 5.82 Å². The van der Waals surface area contributed by atoms with Crippen LogP contribution in [0.2, 0.25) is 0 Å². The summed E-state index contributed by atoms with van der Waals surface area (Å²) < 4.78 is 12.6. The van der Waals surface area contributed by atoms with Gasteiger partial charge in [-0.25, -0.2) is 4.39 Å². The van der Waals surface area contributed by atoms with E-state index in [4.69, 9.17) is 5.73 Å². The van der Waals surface area contributed by atoms with Crippen molar-refractivity contribution in [2.24, 2.45) is 5.73 Å². The van der Waals surface area contributed by atoms with E-state index >= 15 is 0 Å². The topological polar surface area (TPSA) is 38.9 Å². The number of nitrogens with two attached hydrogens (primary N) is 1. The van der Waals surface area contributed by atoms with Gasteiger partial charge < -0.3 is 5.73 Å². The van der Waals surface area contributed by atoms with Crippen LogP contribution in [0.4, 0.5) is 4.39 Å². The van der Waals surface area contributed by atoms with Crippen molar-refractivity contribution in [3.8, 4) is 0 Å². The number of halogens is 1. The average molecular weight is 166 g/mol. The van der Waals surface area contributed by atoms with Gasteiger partial charge in [-0.2, -0.15) is 0 Å². The molecule has 0 aliphatic heterocycles. The number of hydrogen-bond donors (Lipinski definition) is 1. The summed E-state index contributed by atoms with van der Waals surface area (Å²) in [5, 5.41) is 0. The number of nitrogens with zero attached hydrogens (tertiary/aromatic N) is 1. The Morgan fingerprint density at radius 3 is 3.08 bits per heavy atom. The van der Waals surface area contributed by atoms with Crippen LogP contribution in [-0.4, -0.2) is 11.5 Å². The molecule has 12 heavy (non-hydrogen) atoms. The highest BCUT2D eigenvalue weighted by Gasteiger charge is 1.90. The van der Waals surface area contributed by atoms with Crippen molar-refractivity contribution in [1.82, 2.24) is 4.98 Å². The van der Waals surface area contributed by atoms with Gasteiger partial charge in [0.25, 0.3) is 0 Å². The molecule has 0 bridgehead atoms. The van der Waals surface area contributed by atoms with Crippen LogP contribution >= 0.6 is 0 Å². The molecule has 3 heteroatoms. The average Bonchev–Trinajstić information content (AvgIpc) is 2.05. The van der Waals surface area contributed by atoms with E-state index < -0.39 is 0 Å². The zero-order valence-corrected chi connectivity index (χ0v) is 6.70. The largest absolute Gasteiger partial charge is 0.330 e. The van der Waals surface area contributed by atoms with E-state index in [-0.39, 0.29) is 5.82 Å². The molecule has 2 nitrogen and oxygen atoms in total. The van der Waals surface area contributed by atoms with E-state index in [0.717, 1.165) is 6.42 Å². The number of rotatable bonds is 3. The van der Waals surface area contributed by atoms with E-state index in [1.807, 2.05) is 6.08 Å². The zero-order valence-electron chi connectivity index (χ0n) is 6.70. The molecule has 0 amide bonds. The van der Waals surface area contributed by atoms with Gasteiger partial charge in [0, 0.05) is 6.20 Å². The molecular weight excluding hydrogens is 155 g/mol. The minimum absolute atomic E-state index is 0.266. The van der Waals surface area contributed by atoms with Crippen molar-refractivity contribution >= 4 is 6.08 Å². The maximum atomic E-state index is 12.6. The Kier molecular flexibility index (Phi) is 3.41. The van der Waals surface area contributed by atoms with Gasteiger partial charge >= 0.3 is 0 Å². The molecule has 0 spiro atoms. The third-order valence-corrected chi connectivity index (χ3v) is 1.37. The molecular formula is C9H11FN2. The Bertz CT molecular complexity index is 271. The molecule has 1 aromatic rings. The molecule has 0 fully saturated rings. The molecule has 0 atom stereocenters. The summed E-state index contributed by atoms with van der Waals surface area (Å²) in [5.74, 6) is -0.266. The van der Waals surface area contributed by atoms with Crippen LogP contribution in [0, 0.1) is 5.82 Å². The van der Waals surface area contributed by atoms with Crippen LogP contribution in [0.15, 0.2) is 24.4 Å². The number of pyridine rings is 1. The van der Waals surface area contributed by atoms with Crippen molar-refractivity contribution < 1.29 is 4.39 Å². The van der Waals surface area contributed by atoms with Crippen LogP contribution in [0.5, 0.6) is 0 Å². The van der Waals surface area contributed by atoms with Crippen LogP contribution in [0.1, 0.15) is 12.1 Å². The number of hydrogen-bond acceptors (Lipinski definition) is 2. The predicted octanol–water partition coefficient (Wildman–Crippen LogP) is 1.58. The molecule has 0 aliphatic rings. The molecule has 0 aromatic carbocycles. The minimum Gasteiger partial charge on any atom is -0.330 e. The standard InChI is InChI=1S/C9H11FN2/c10-8-4-6-12-9(7-8)3-1-2-5-11/h1,3-4,6-7H,2,5,11H2. The summed E-state index contributed by atoms with van der Waals surface area (Å²) >= 11 is 0. The van der Waals surface area contributed by atoms with Crippen LogP contribution in [0.3, 0.4) is 0 Å². The summed E-state index contributed by atoms with van der Waals surface area (Å²) in [6.45, 7) is 0.603. The maximum Gasteiger partial charge on any atom is 0.126 e. The molecule has 64 valence electrons. The highest BCUT2D eigenvalue weighted by Crippen LogP contribution is 2.01. The summed E-state index contributed by atoms with van der Waals surface area (Å²) in [6.07, 6.45) is 5.87. The Morgan fingerprint density at radius 2 is 2.42 bits per heavy atom. The van der Waals surface area contributed by atoms with E-state index in [9.17, 15) is 4.39 Å². The molecule has 1 heterocycles. The lowest BCUT2D eigenvalue weighted by Gasteiger charge is -1.91. The van der Waals surface area contributed by atoms with E-state index in [0.29, 0.717) is 12.2 Å². The quantitative estimate of drug-likeness (QED) is 0.740. The highest BCUT2D eigenvalue weighted by atomic mass is 19.1. The molecule has 0 saturated heterocycles. The number of aromatic nitrogens is 1. The minimum atomic E-state index is -0.266. The van der Waals surface area contributed by atoms with E-state index in [2.05, 4.69) is 4.98 Å². The van der Waals surface area contributed by atoms with Gasteiger partial charge in [0.2, 0.25) is 0 Å². The second kappa shape index (κ2) is 4.62. The van der Waals surface area contributed by atoms with Gasteiger partial charge in [0.05, 0.1) is 5.69 Å². The Labute approximate surface area is 70.9 Å². The van der Waals surface area contributed by atoms with Crippen molar-refractivity contribution in [1.29, 1.82) is 0 Å². The Balaban J connectivity index is 2.63. The van der Waals surface area contributed by atoms with E-state index in [1.54, 1.807) is 6.08 Å². The monoisotopic (exact) mass is 166 g/mol. The Hall–Kier alpha value is -1.22. The van der Waals surface area contributed by atoms with E-state index in [1.165, 1.54) is 18.3 Å². The lowest BCUT2D eigenvalue weighted by molar-refractivity contribution is 0.625. The smallest absolute Gasteiger partial charge is 0.126 e. The fourth-order valence-electron chi connectivity index (χ4n) is 0.813. The van der Waals surface area contributed by atoms with Crippen LogP contribution in [-0.2, 0) is 0 Å². The summed E-state index contributed by atoms with van der Waals surface area (Å²) in [4.78, 5) is 3.94. The first-order valence-electron chi connectivity index (χ1n) is 3.81. The molecule has 0 saturated carbocycles. The molecule has 0 radical (unpaired) electrons. The van der Waals surface area contributed by atoms with Crippen molar-refractivity contribution in [2.75, 3.05) is 6.54 Å². The second-order valence-electron chi connectivity index (χ2n) is 2.38. The van der Waals surface area contributed by atoms with Gasteiger partial charge in [-0.05, 0) is 31.2 Å². The zero-order chi connectivity index (χ0) is 8.81. The molecule has 0 aliphatic carbocycles. The van der Waals surface area contributed by atoms with Crippen molar-refractivity contribution in [2.45, 2.75) is 6.42 Å². The third kappa shape index (κ3) is 2.80. The SMILES string of the molecule is NCCC=Cc1cc(F)ccn1. The van der Waals surface area contributed by atoms with Crippen molar-refractivity contribution in [3.05, 3.63) is 35.9 Å². The predicted molar refractivity (Wildman–Crippen MR) is 46.9 cm³/mol. The molecule has 1 rings (SSSR count). The normalized spacial score (nSPS) is 10.8. The maximum absolute atomic E-state index is 12.6. The Morgan fingerprint density at radius 1 is 1.58 bits per heavy atom. The van der Waals surface area contributed by atoms with Gasteiger partial charge in [-0.1, -0.05) is 6.08 Å². The first-order chi connectivity index (χ1) is 5.83. The molecule has 1 aromatic heterocycles. The van der Waals surface area contributed by atoms with Gasteiger partial charge in [-0.3, -0.25) is 4.98 Å². The molecule has 2 N–H and O–H groups in total. The van der Waals surface area contributed by atoms with Gasteiger partial charge in [-0.15, -0.1) is 0 Å². The van der Waals surface area contributed by atoms with Crippen molar-refractivity contribution in [3.63, 3.8) is 0 Å². The fraction of sp³-hybridized carbons (Fsp3) is 0.222. The fourth-order valence-corrected chi connectivity index (χ4v) is 0.813. The summed E-state index contributed by atoms with van der Waals surface area (Å²) in [5.41, 5.74) is 5.91. The lowest BCUT2D eigenvalue weighted by atomic mass is 10.3. The van der Waals surface area contributed by atoms with Crippen LogP contribution in [0.25, 0.3) is 6.08 Å². The highest BCUT2D eigenvalue weighted by molar-refractivity contribution is 5.43. The second-order valence-corrected chi connectivity index (χ2v) is 2.38. The first-order valence-corrected chi connectivity index (χ1v) is 3.81.